The Bertz CT molecular complexity index is 339. The Balaban J connectivity index is 2.20. The van der Waals surface area contributed by atoms with E-state index in [-0.39, 0.29) is 5.82 Å². The quantitative estimate of drug-likeness (QED) is 0.738. The largest absolute Gasteiger partial charge is 0.490 e. The number of hydrogen-bond donors (Lipinski definition) is 1. The Morgan fingerprint density at radius 1 is 1.35 bits per heavy atom. The fraction of sp³-hybridized carbons (Fsp3) is 0.571. The summed E-state index contributed by atoms with van der Waals surface area (Å²) in [5.41, 5.74) is 0.625. The smallest absolute Gasteiger partial charge is 0.167 e. The summed E-state index contributed by atoms with van der Waals surface area (Å²) >= 11 is 0. The van der Waals surface area contributed by atoms with Crippen LogP contribution in [0.1, 0.15) is 25.8 Å². The molecule has 1 aromatic carbocycles. The second-order valence-electron chi connectivity index (χ2n) is 4.69. The predicted molar refractivity (Wildman–Crippen MR) is 69.0 cm³/mol. The van der Waals surface area contributed by atoms with Gasteiger partial charge in [0.1, 0.15) is 0 Å². The van der Waals surface area contributed by atoms with Gasteiger partial charge in [0.2, 0.25) is 0 Å². The Labute approximate surface area is 103 Å². The molecule has 1 N–H and O–H groups in total. The van der Waals surface area contributed by atoms with Crippen molar-refractivity contribution in [3.63, 3.8) is 0 Å². The lowest BCUT2D eigenvalue weighted by atomic mass is 10.2. The Morgan fingerprint density at radius 2 is 2.12 bits per heavy atom. The molecule has 0 spiro atoms. The fourth-order valence-electron chi connectivity index (χ4n) is 1.50. The van der Waals surface area contributed by atoms with E-state index < -0.39 is 0 Å². The van der Waals surface area contributed by atoms with Crippen LogP contribution in [0.2, 0.25) is 0 Å². The van der Waals surface area contributed by atoms with E-state index in [1.54, 1.807) is 19.1 Å². The van der Waals surface area contributed by atoms with Gasteiger partial charge in [-0.15, -0.1) is 0 Å². The highest BCUT2D eigenvalue weighted by atomic mass is 19.1. The van der Waals surface area contributed by atoms with Crippen molar-refractivity contribution in [2.24, 2.45) is 5.92 Å². The van der Waals surface area contributed by atoms with Crippen LogP contribution in [-0.4, -0.2) is 19.7 Å². The van der Waals surface area contributed by atoms with E-state index in [0.717, 1.165) is 19.5 Å². The summed E-state index contributed by atoms with van der Waals surface area (Å²) in [7, 11) is 0. The lowest BCUT2D eigenvalue weighted by Crippen LogP contribution is -2.22. The van der Waals surface area contributed by atoms with Gasteiger partial charge in [-0.3, -0.25) is 0 Å². The summed E-state index contributed by atoms with van der Waals surface area (Å²) in [6.45, 7) is 8.56. The van der Waals surface area contributed by atoms with Crippen LogP contribution >= 0.6 is 0 Å². The number of benzene rings is 1. The summed E-state index contributed by atoms with van der Waals surface area (Å²) in [5, 5.41) is 3.32. The molecule has 0 heterocycles. The molecule has 0 saturated carbocycles. The van der Waals surface area contributed by atoms with Crippen molar-refractivity contribution in [2.75, 3.05) is 19.7 Å². The highest BCUT2D eigenvalue weighted by Crippen LogP contribution is 2.19. The average Bonchev–Trinajstić information content (AvgIpc) is 2.28. The van der Waals surface area contributed by atoms with Gasteiger partial charge in [-0.05, 0) is 44.0 Å². The molecule has 0 aromatic heterocycles. The Hall–Kier alpha value is -1.09. The molecule has 17 heavy (non-hydrogen) atoms. The molecule has 0 unspecified atom stereocenters. The van der Waals surface area contributed by atoms with Crippen LogP contribution in [0.4, 0.5) is 4.39 Å². The summed E-state index contributed by atoms with van der Waals surface area (Å²) < 4.78 is 19.0. The van der Waals surface area contributed by atoms with Crippen molar-refractivity contribution in [1.29, 1.82) is 0 Å². The zero-order valence-electron chi connectivity index (χ0n) is 10.9. The minimum Gasteiger partial charge on any atom is -0.490 e. The minimum atomic E-state index is -0.248. The molecule has 0 radical (unpaired) electrons. The molecule has 0 saturated heterocycles. The van der Waals surface area contributed by atoms with Crippen molar-refractivity contribution in [2.45, 2.75) is 27.2 Å². The summed E-state index contributed by atoms with van der Waals surface area (Å²) in [6, 6.07) is 5.22. The number of aryl methyl sites for hydroxylation is 1. The number of ether oxygens (including phenoxy) is 1. The Kier molecular flexibility index (Phi) is 5.98. The van der Waals surface area contributed by atoms with E-state index in [9.17, 15) is 4.39 Å². The molecule has 2 nitrogen and oxygen atoms in total. The minimum absolute atomic E-state index is 0.248. The van der Waals surface area contributed by atoms with Crippen LogP contribution in [0.5, 0.6) is 5.75 Å². The molecular weight excluding hydrogens is 217 g/mol. The van der Waals surface area contributed by atoms with Crippen molar-refractivity contribution in [3.8, 4) is 5.75 Å². The van der Waals surface area contributed by atoms with E-state index in [0.29, 0.717) is 23.8 Å². The van der Waals surface area contributed by atoms with Crippen LogP contribution in [0.15, 0.2) is 18.2 Å². The van der Waals surface area contributed by atoms with E-state index in [1.807, 2.05) is 6.07 Å². The molecule has 0 aliphatic carbocycles. The number of halogens is 1. The molecule has 1 aromatic rings. The van der Waals surface area contributed by atoms with Crippen molar-refractivity contribution in [1.82, 2.24) is 5.32 Å². The standard InChI is InChI=1S/C14H22FNO/c1-11(2)10-16-8-5-9-17-13-7-4-6-12(3)14(13)15/h4,6-7,11,16H,5,8-10H2,1-3H3. The summed E-state index contributed by atoms with van der Waals surface area (Å²) in [6.07, 6.45) is 0.889. The fourth-order valence-corrected chi connectivity index (χ4v) is 1.50. The van der Waals surface area contributed by atoms with Crippen LogP contribution in [-0.2, 0) is 0 Å². The molecule has 0 fully saturated rings. The zero-order valence-corrected chi connectivity index (χ0v) is 10.9. The van der Waals surface area contributed by atoms with E-state index >= 15 is 0 Å². The normalized spacial score (nSPS) is 10.9. The average molecular weight is 239 g/mol. The van der Waals surface area contributed by atoms with Gasteiger partial charge in [0, 0.05) is 0 Å². The van der Waals surface area contributed by atoms with Gasteiger partial charge in [-0.2, -0.15) is 0 Å². The predicted octanol–water partition coefficient (Wildman–Crippen LogP) is 3.15. The van der Waals surface area contributed by atoms with Gasteiger partial charge >= 0.3 is 0 Å². The maximum absolute atomic E-state index is 13.5. The highest BCUT2D eigenvalue weighted by molar-refractivity contribution is 5.29. The Morgan fingerprint density at radius 3 is 2.82 bits per heavy atom. The molecule has 3 heteroatoms. The lowest BCUT2D eigenvalue weighted by molar-refractivity contribution is 0.292. The van der Waals surface area contributed by atoms with Crippen molar-refractivity contribution in [3.05, 3.63) is 29.6 Å². The molecule has 1 rings (SSSR count). The maximum atomic E-state index is 13.5. The van der Waals surface area contributed by atoms with Crippen LogP contribution in [0.25, 0.3) is 0 Å². The van der Waals surface area contributed by atoms with Gasteiger partial charge in [0.05, 0.1) is 6.61 Å². The zero-order chi connectivity index (χ0) is 12.7. The van der Waals surface area contributed by atoms with Crippen LogP contribution in [0.3, 0.4) is 0 Å². The first-order valence-electron chi connectivity index (χ1n) is 6.20. The topological polar surface area (TPSA) is 21.3 Å². The van der Waals surface area contributed by atoms with Crippen molar-refractivity contribution >= 4 is 0 Å². The van der Waals surface area contributed by atoms with Gasteiger partial charge in [0.25, 0.3) is 0 Å². The van der Waals surface area contributed by atoms with E-state index in [2.05, 4.69) is 19.2 Å². The molecule has 96 valence electrons. The molecule has 0 amide bonds. The lowest BCUT2D eigenvalue weighted by Gasteiger charge is -2.10. The molecule has 0 bridgehead atoms. The third kappa shape index (κ3) is 5.18. The number of nitrogens with one attached hydrogen (secondary N) is 1. The van der Waals surface area contributed by atoms with Crippen LogP contribution in [0, 0.1) is 18.7 Å². The van der Waals surface area contributed by atoms with Crippen LogP contribution < -0.4 is 10.1 Å². The first kappa shape index (κ1) is 14.0. The summed E-state index contributed by atoms with van der Waals surface area (Å²) in [4.78, 5) is 0. The van der Waals surface area contributed by atoms with Gasteiger partial charge < -0.3 is 10.1 Å². The van der Waals surface area contributed by atoms with Gasteiger partial charge in [-0.25, -0.2) is 4.39 Å². The highest BCUT2D eigenvalue weighted by Gasteiger charge is 2.04. The maximum Gasteiger partial charge on any atom is 0.167 e. The van der Waals surface area contributed by atoms with E-state index in [1.165, 1.54) is 0 Å². The molecule has 0 aliphatic heterocycles. The SMILES string of the molecule is Cc1cccc(OCCCNCC(C)C)c1F. The van der Waals surface area contributed by atoms with Gasteiger partial charge in [0.15, 0.2) is 11.6 Å². The molecule has 0 aliphatic rings. The second kappa shape index (κ2) is 7.28. The second-order valence-corrected chi connectivity index (χ2v) is 4.69. The third-order valence-corrected chi connectivity index (χ3v) is 2.46. The first-order chi connectivity index (χ1) is 8.11. The first-order valence-corrected chi connectivity index (χ1v) is 6.20. The molecular formula is C14H22FNO. The number of rotatable bonds is 7. The summed E-state index contributed by atoms with van der Waals surface area (Å²) in [5.74, 6) is 0.765. The van der Waals surface area contributed by atoms with E-state index in [4.69, 9.17) is 4.74 Å². The van der Waals surface area contributed by atoms with Gasteiger partial charge in [-0.1, -0.05) is 26.0 Å². The third-order valence-electron chi connectivity index (χ3n) is 2.46. The monoisotopic (exact) mass is 239 g/mol. The van der Waals surface area contributed by atoms with Crippen molar-refractivity contribution < 1.29 is 9.13 Å². The number of hydrogen-bond acceptors (Lipinski definition) is 2. The molecule has 0 atom stereocenters.